The average molecular weight is 318 g/mol. The molecule has 0 spiro atoms. The highest BCUT2D eigenvalue weighted by Crippen LogP contribution is 2.27. The molecule has 1 atom stereocenters. The average Bonchev–Trinajstić information content (AvgIpc) is 3.35. The predicted molar refractivity (Wildman–Crippen MR) is 96.0 cm³/mol. The van der Waals surface area contributed by atoms with Crippen molar-refractivity contribution in [3.63, 3.8) is 0 Å². The summed E-state index contributed by atoms with van der Waals surface area (Å²) >= 11 is 0. The van der Waals surface area contributed by atoms with E-state index in [9.17, 15) is 0 Å². The number of nitrogens with zero attached hydrogens (tertiary/aromatic N) is 4. The summed E-state index contributed by atoms with van der Waals surface area (Å²) in [6.07, 6.45) is 5.93. The monoisotopic (exact) mass is 318 g/mol. The van der Waals surface area contributed by atoms with Gasteiger partial charge in [-0.3, -0.25) is 4.90 Å². The summed E-state index contributed by atoms with van der Waals surface area (Å²) in [5, 5.41) is 4.16. The van der Waals surface area contributed by atoms with Crippen LogP contribution in [0.25, 0.3) is 16.8 Å². The van der Waals surface area contributed by atoms with Gasteiger partial charge in [-0.15, -0.1) is 0 Å². The second-order valence-corrected chi connectivity index (χ2v) is 6.43. The van der Waals surface area contributed by atoms with Gasteiger partial charge < -0.3 is 0 Å². The number of hydrogen-bond donors (Lipinski definition) is 0. The largest absolute Gasteiger partial charge is 0.297 e. The first-order valence-electron chi connectivity index (χ1n) is 8.61. The quantitative estimate of drug-likeness (QED) is 0.726. The van der Waals surface area contributed by atoms with Gasteiger partial charge in [-0.05, 0) is 61.7 Å². The lowest BCUT2D eigenvalue weighted by atomic mass is 10.0. The minimum absolute atomic E-state index is 0.510. The van der Waals surface area contributed by atoms with E-state index in [1.807, 2.05) is 0 Å². The maximum atomic E-state index is 4.16. The van der Waals surface area contributed by atoms with Crippen LogP contribution in [0.3, 0.4) is 0 Å². The van der Waals surface area contributed by atoms with E-state index < -0.39 is 0 Å². The van der Waals surface area contributed by atoms with E-state index in [1.54, 1.807) is 17.3 Å². The third kappa shape index (κ3) is 2.97. The second-order valence-electron chi connectivity index (χ2n) is 6.43. The zero-order valence-electron chi connectivity index (χ0n) is 14.0. The van der Waals surface area contributed by atoms with Crippen LogP contribution in [0.1, 0.15) is 31.4 Å². The number of hydrogen-bond acceptors (Lipinski definition) is 3. The minimum Gasteiger partial charge on any atom is -0.297 e. The van der Waals surface area contributed by atoms with Crippen molar-refractivity contribution >= 4 is 0 Å². The van der Waals surface area contributed by atoms with Crippen molar-refractivity contribution in [2.24, 2.45) is 0 Å². The van der Waals surface area contributed by atoms with Gasteiger partial charge in [-0.25, -0.2) is 9.67 Å². The molecule has 1 unspecified atom stereocenters. The molecule has 3 aromatic rings. The summed E-state index contributed by atoms with van der Waals surface area (Å²) in [7, 11) is 0. The number of aromatic nitrogens is 3. The molecule has 0 bridgehead atoms. The van der Waals surface area contributed by atoms with Crippen LogP contribution in [-0.2, 0) is 0 Å². The van der Waals surface area contributed by atoms with Gasteiger partial charge in [0, 0.05) is 6.04 Å². The van der Waals surface area contributed by atoms with E-state index in [1.165, 1.54) is 42.6 Å². The Labute approximate surface area is 142 Å². The van der Waals surface area contributed by atoms with Crippen molar-refractivity contribution in [3.8, 4) is 16.8 Å². The third-order valence-corrected chi connectivity index (χ3v) is 4.97. The molecule has 1 aromatic heterocycles. The van der Waals surface area contributed by atoms with E-state index in [4.69, 9.17) is 0 Å². The van der Waals surface area contributed by atoms with E-state index in [0.717, 1.165) is 5.69 Å². The van der Waals surface area contributed by atoms with Crippen molar-refractivity contribution in [1.82, 2.24) is 19.7 Å². The molecule has 0 amide bonds. The van der Waals surface area contributed by atoms with Crippen LogP contribution in [-0.4, -0.2) is 32.8 Å². The van der Waals surface area contributed by atoms with Gasteiger partial charge in [-0.1, -0.05) is 36.4 Å². The Hall–Kier alpha value is -2.46. The zero-order chi connectivity index (χ0) is 16.4. The maximum Gasteiger partial charge on any atom is 0.138 e. The minimum atomic E-state index is 0.510. The molecule has 24 heavy (non-hydrogen) atoms. The lowest BCUT2D eigenvalue weighted by molar-refractivity contribution is 0.263. The van der Waals surface area contributed by atoms with Crippen molar-refractivity contribution in [3.05, 3.63) is 66.7 Å². The highest BCUT2D eigenvalue weighted by Gasteiger charge is 2.19. The SMILES string of the molecule is CC(c1ccc(-c2ccc(-n3cncn3)cc2)cc1)N1CCCC1. The molecule has 0 aliphatic carbocycles. The standard InChI is InChI=1S/C20H22N4/c1-16(23-12-2-3-13-23)17-4-6-18(7-5-17)19-8-10-20(11-9-19)24-15-21-14-22-24/h4-11,14-16H,2-3,12-13H2,1H3. The molecule has 4 heteroatoms. The normalized spacial score (nSPS) is 16.4. The number of likely N-dealkylation sites (tertiary alicyclic amines) is 1. The van der Waals surface area contributed by atoms with Crippen LogP contribution < -0.4 is 0 Å². The van der Waals surface area contributed by atoms with Crippen molar-refractivity contribution in [2.75, 3.05) is 13.1 Å². The van der Waals surface area contributed by atoms with Crippen LogP contribution in [0.15, 0.2) is 61.2 Å². The van der Waals surface area contributed by atoms with E-state index in [-0.39, 0.29) is 0 Å². The smallest absolute Gasteiger partial charge is 0.138 e. The van der Waals surface area contributed by atoms with Crippen molar-refractivity contribution in [1.29, 1.82) is 0 Å². The van der Waals surface area contributed by atoms with Gasteiger partial charge in [0.1, 0.15) is 12.7 Å². The summed E-state index contributed by atoms with van der Waals surface area (Å²) in [6, 6.07) is 17.9. The van der Waals surface area contributed by atoms with E-state index in [0.29, 0.717) is 6.04 Å². The lowest BCUT2D eigenvalue weighted by Gasteiger charge is -2.24. The maximum absolute atomic E-state index is 4.16. The summed E-state index contributed by atoms with van der Waals surface area (Å²) in [5.74, 6) is 0. The van der Waals surface area contributed by atoms with Gasteiger partial charge >= 0.3 is 0 Å². The molecule has 4 nitrogen and oxygen atoms in total. The topological polar surface area (TPSA) is 34.0 Å². The molecular formula is C20H22N4. The molecule has 0 radical (unpaired) electrons. The molecule has 1 aliphatic rings. The fraction of sp³-hybridized carbons (Fsp3) is 0.300. The van der Waals surface area contributed by atoms with E-state index >= 15 is 0 Å². The van der Waals surface area contributed by atoms with Gasteiger partial charge in [0.05, 0.1) is 5.69 Å². The van der Waals surface area contributed by atoms with E-state index in [2.05, 4.69) is 70.4 Å². The Morgan fingerprint density at radius 1 is 0.875 bits per heavy atom. The van der Waals surface area contributed by atoms with Crippen LogP contribution in [0.2, 0.25) is 0 Å². The summed E-state index contributed by atoms with van der Waals surface area (Å²) in [5.41, 5.74) is 4.90. The number of benzene rings is 2. The second kappa shape index (κ2) is 6.57. The summed E-state index contributed by atoms with van der Waals surface area (Å²) in [4.78, 5) is 6.56. The molecule has 2 aromatic carbocycles. The molecule has 1 saturated heterocycles. The van der Waals surface area contributed by atoms with Crippen LogP contribution >= 0.6 is 0 Å². The molecule has 1 fully saturated rings. The number of rotatable bonds is 4. The molecule has 122 valence electrons. The lowest BCUT2D eigenvalue weighted by Crippen LogP contribution is -2.23. The van der Waals surface area contributed by atoms with Crippen LogP contribution in [0.4, 0.5) is 0 Å². The Morgan fingerprint density at radius 2 is 1.50 bits per heavy atom. The Bertz CT molecular complexity index is 770. The third-order valence-electron chi connectivity index (χ3n) is 4.97. The molecule has 0 N–H and O–H groups in total. The first-order chi connectivity index (χ1) is 11.8. The van der Waals surface area contributed by atoms with Gasteiger partial charge in [0.15, 0.2) is 0 Å². The zero-order valence-corrected chi connectivity index (χ0v) is 14.0. The predicted octanol–water partition coefficient (Wildman–Crippen LogP) is 4.09. The fourth-order valence-corrected chi connectivity index (χ4v) is 3.44. The Morgan fingerprint density at radius 3 is 2.08 bits per heavy atom. The molecule has 2 heterocycles. The van der Waals surface area contributed by atoms with Gasteiger partial charge in [-0.2, -0.15) is 5.10 Å². The summed E-state index contributed by atoms with van der Waals surface area (Å²) in [6.45, 7) is 4.77. The highest BCUT2D eigenvalue weighted by atomic mass is 15.3. The van der Waals surface area contributed by atoms with Crippen molar-refractivity contribution in [2.45, 2.75) is 25.8 Å². The van der Waals surface area contributed by atoms with Gasteiger partial charge in [0.2, 0.25) is 0 Å². The van der Waals surface area contributed by atoms with Crippen molar-refractivity contribution < 1.29 is 0 Å². The van der Waals surface area contributed by atoms with Crippen LogP contribution in [0.5, 0.6) is 0 Å². The molecule has 0 saturated carbocycles. The molecular weight excluding hydrogens is 296 g/mol. The Balaban J connectivity index is 1.52. The fourth-order valence-electron chi connectivity index (χ4n) is 3.44. The molecule has 1 aliphatic heterocycles. The summed E-state index contributed by atoms with van der Waals surface area (Å²) < 4.78 is 1.77. The van der Waals surface area contributed by atoms with Crippen LogP contribution in [0, 0.1) is 0 Å². The Kier molecular flexibility index (Phi) is 4.13. The van der Waals surface area contributed by atoms with Gasteiger partial charge in [0.25, 0.3) is 0 Å². The molecule has 4 rings (SSSR count). The first kappa shape index (κ1) is 15.1. The first-order valence-corrected chi connectivity index (χ1v) is 8.61. The highest BCUT2D eigenvalue weighted by molar-refractivity contribution is 5.65.